The van der Waals surface area contributed by atoms with Gasteiger partial charge in [-0.25, -0.2) is 0 Å². The van der Waals surface area contributed by atoms with E-state index in [1.165, 1.54) is 70.8 Å². The Morgan fingerprint density at radius 1 is 0.909 bits per heavy atom. The number of hydrogen-bond acceptors (Lipinski definition) is 2. The predicted molar refractivity (Wildman–Crippen MR) is 104 cm³/mol. The molecule has 130 valence electrons. The molecule has 1 unspecified atom stereocenters. The second-order valence-corrected chi connectivity index (χ2v) is 6.39. The second kappa shape index (κ2) is 14.2. The number of unbranched alkanes of at least 4 members (excludes halogenated alkanes) is 9. The predicted octanol–water partition coefficient (Wildman–Crippen LogP) is 6.11. The average Bonchev–Trinajstić information content (AvgIpc) is 2.83. The molecular weight excluding hydrogens is 336 g/mol. The third-order valence-electron chi connectivity index (χ3n) is 4.49. The van der Waals surface area contributed by atoms with Crippen molar-refractivity contribution in [3.8, 4) is 0 Å². The van der Waals surface area contributed by atoms with Crippen LogP contribution in [0.4, 0.5) is 0 Å². The molecule has 22 heavy (non-hydrogen) atoms. The number of rotatable bonds is 13. The summed E-state index contributed by atoms with van der Waals surface area (Å²) >= 11 is 0. The van der Waals surface area contributed by atoms with Crippen molar-refractivity contribution in [1.82, 2.24) is 9.80 Å². The first-order valence-electron chi connectivity index (χ1n) is 9.06. The zero-order valence-electron chi connectivity index (χ0n) is 14.8. The molecule has 0 aliphatic carbocycles. The van der Waals surface area contributed by atoms with Gasteiger partial charge in [-0.1, -0.05) is 70.8 Å². The highest BCUT2D eigenvalue weighted by atomic mass is 79.9. The van der Waals surface area contributed by atoms with Crippen LogP contribution in [0, 0.1) is 0 Å². The molecule has 1 aliphatic rings. The summed E-state index contributed by atoms with van der Waals surface area (Å²) in [6.45, 7) is 7.34. The van der Waals surface area contributed by atoms with Crippen LogP contribution in [-0.2, 0) is 0 Å². The second-order valence-electron chi connectivity index (χ2n) is 6.39. The van der Waals surface area contributed by atoms with E-state index in [0.29, 0.717) is 6.17 Å². The van der Waals surface area contributed by atoms with Crippen LogP contribution in [0.2, 0.25) is 0 Å². The minimum atomic E-state index is 0. The first-order valence-corrected chi connectivity index (χ1v) is 9.06. The molecule has 0 spiro atoms. The molecule has 0 saturated heterocycles. The number of halogens is 1. The molecule has 3 heteroatoms. The highest BCUT2D eigenvalue weighted by molar-refractivity contribution is 8.93. The van der Waals surface area contributed by atoms with E-state index >= 15 is 0 Å². The molecule has 0 amide bonds. The van der Waals surface area contributed by atoms with Crippen LogP contribution in [0.1, 0.15) is 77.6 Å². The van der Waals surface area contributed by atoms with E-state index in [1.807, 2.05) is 6.08 Å². The first-order chi connectivity index (χ1) is 10.3. The van der Waals surface area contributed by atoms with Gasteiger partial charge in [0.15, 0.2) is 0 Å². The van der Waals surface area contributed by atoms with Gasteiger partial charge in [0.2, 0.25) is 0 Å². The van der Waals surface area contributed by atoms with Gasteiger partial charge in [0.25, 0.3) is 0 Å². The highest BCUT2D eigenvalue weighted by Crippen LogP contribution is 2.18. The Morgan fingerprint density at radius 3 is 2.00 bits per heavy atom. The summed E-state index contributed by atoms with van der Waals surface area (Å²) in [7, 11) is 2.16. The van der Waals surface area contributed by atoms with E-state index in [0.717, 1.165) is 6.42 Å². The van der Waals surface area contributed by atoms with E-state index in [-0.39, 0.29) is 17.0 Å². The molecule has 0 fully saturated rings. The fourth-order valence-electron chi connectivity index (χ4n) is 3.08. The fourth-order valence-corrected chi connectivity index (χ4v) is 3.08. The summed E-state index contributed by atoms with van der Waals surface area (Å²) < 4.78 is 0. The number of hydrogen-bond donors (Lipinski definition) is 0. The van der Waals surface area contributed by atoms with Crippen molar-refractivity contribution >= 4 is 17.0 Å². The van der Waals surface area contributed by atoms with Gasteiger partial charge in [0, 0.05) is 32.4 Å². The Balaban J connectivity index is 0.00000441. The van der Waals surface area contributed by atoms with Crippen LogP contribution in [-0.4, -0.2) is 29.6 Å². The van der Waals surface area contributed by atoms with Crippen LogP contribution < -0.4 is 0 Å². The van der Waals surface area contributed by atoms with Gasteiger partial charge in [0.1, 0.15) is 6.17 Å². The van der Waals surface area contributed by atoms with Gasteiger partial charge in [-0.3, -0.25) is 0 Å². The largest absolute Gasteiger partial charge is 0.359 e. The standard InChI is InChI=1S/C19H36N2.BrH/c1-4-6-7-8-9-10-11-12-13-14-16-21-18-17-20(3)19(21)15-5-2;/h5,17-19H,2,4,6-16H2,1,3H3;1H. The van der Waals surface area contributed by atoms with Crippen molar-refractivity contribution in [3.05, 3.63) is 25.1 Å². The third kappa shape index (κ3) is 8.87. The molecule has 2 nitrogen and oxygen atoms in total. The molecular formula is C19H37BrN2. The lowest BCUT2D eigenvalue weighted by Gasteiger charge is -2.29. The van der Waals surface area contributed by atoms with E-state index in [2.05, 4.69) is 42.8 Å². The lowest BCUT2D eigenvalue weighted by Crippen LogP contribution is -2.36. The molecule has 1 rings (SSSR count). The highest BCUT2D eigenvalue weighted by Gasteiger charge is 2.21. The van der Waals surface area contributed by atoms with Crippen molar-refractivity contribution in [3.63, 3.8) is 0 Å². The zero-order valence-corrected chi connectivity index (χ0v) is 16.5. The fraction of sp³-hybridized carbons (Fsp3) is 0.789. The van der Waals surface area contributed by atoms with Crippen LogP contribution >= 0.6 is 17.0 Å². The van der Waals surface area contributed by atoms with E-state index in [1.54, 1.807) is 0 Å². The van der Waals surface area contributed by atoms with Crippen LogP contribution in [0.3, 0.4) is 0 Å². The Kier molecular flexibility index (Phi) is 13.9. The quantitative estimate of drug-likeness (QED) is 0.284. The molecule has 0 saturated carbocycles. The molecule has 1 heterocycles. The van der Waals surface area contributed by atoms with Crippen LogP contribution in [0.15, 0.2) is 25.1 Å². The van der Waals surface area contributed by atoms with Gasteiger partial charge in [-0.2, -0.15) is 0 Å². The lowest BCUT2D eigenvalue weighted by atomic mass is 10.1. The summed E-state index contributed by atoms with van der Waals surface area (Å²) in [5.41, 5.74) is 0. The maximum Gasteiger partial charge on any atom is 0.104 e. The monoisotopic (exact) mass is 372 g/mol. The minimum Gasteiger partial charge on any atom is -0.359 e. The zero-order chi connectivity index (χ0) is 15.3. The summed E-state index contributed by atoms with van der Waals surface area (Å²) in [6.07, 6.45) is 22.1. The Morgan fingerprint density at radius 2 is 1.45 bits per heavy atom. The summed E-state index contributed by atoms with van der Waals surface area (Å²) in [5.74, 6) is 0. The first kappa shape index (κ1) is 21.6. The summed E-state index contributed by atoms with van der Waals surface area (Å²) in [6, 6.07) is 0. The molecule has 0 bridgehead atoms. The minimum absolute atomic E-state index is 0. The molecule has 0 radical (unpaired) electrons. The molecule has 1 atom stereocenters. The van der Waals surface area contributed by atoms with Gasteiger partial charge in [0.05, 0.1) is 0 Å². The maximum atomic E-state index is 3.87. The topological polar surface area (TPSA) is 6.48 Å². The Labute approximate surface area is 149 Å². The average molecular weight is 373 g/mol. The summed E-state index contributed by atoms with van der Waals surface area (Å²) in [5, 5.41) is 0. The van der Waals surface area contributed by atoms with Crippen LogP contribution in [0.5, 0.6) is 0 Å². The van der Waals surface area contributed by atoms with Crippen molar-refractivity contribution < 1.29 is 0 Å². The van der Waals surface area contributed by atoms with Crippen molar-refractivity contribution in [2.75, 3.05) is 13.6 Å². The number of nitrogens with zero attached hydrogens (tertiary/aromatic N) is 2. The van der Waals surface area contributed by atoms with Crippen molar-refractivity contribution in [1.29, 1.82) is 0 Å². The van der Waals surface area contributed by atoms with Crippen LogP contribution in [0.25, 0.3) is 0 Å². The van der Waals surface area contributed by atoms with Gasteiger partial charge >= 0.3 is 0 Å². The van der Waals surface area contributed by atoms with E-state index < -0.39 is 0 Å². The SMILES string of the molecule is Br.C=CCC1N(C)C=CN1CCCCCCCCCCCC. The smallest absolute Gasteiger partial charge is 0.104 e. The lowest BCUT2D eigenvalue weighted by molar-refractivity contribution is 0.176. The third-order valence-corrected chi connectivity index (χ3v) is 4.49. The molecule has 0 N–H and O–H groups in total. The molecule has 1 aliphatic heterocycles. The van der Waals surface area contributed by atoms with E-state index in [9.17, 15) is 0 Å². The Bertz CT molecular complexity index is 291. The van der Waals surface area contributed by atoms with Gasteiger partial charge in [-0.15, -0.1) is 23.6 Å². The molecule has 0 aromatic heterocycles. The summed E-state index contributed by atoms with van der Waals surface area (Å²) in [4.78, 5) is 4.75. The molecule has 0 aromatic carbocycles. The Hall–Kier alpha value is -0.440. The van der Waals surface area contributed by atoms with Gasteiger partial charge in [-0.05, 0) is 6.42 Å². The van der Waals surface area contributed by atoms with Crippen molar-refractivity contribution in [2.45, 2.75) is 83.7 Å². The molecule has 0 aromatic rings. The normalized spacial score (nSPS) is 16.9. The van der Waals surface area contributed by atoms with E-state index in [4.69, 9.17) is 0 Å². The van der Waals surface area contributed by atoms with Gasteiger partial charge < -0.3 is 9.80 Å². The van der Waals surface area contributed by atoms with Crippen molar-refractivity contribution in [2.24, 2.45) is 0 Å². The maximum absolute atomic E-state index is 3.87.